The van der Waals surface area contributed by atoms with Crippen LogP contribution >= 0.6 is 0 Å². The first-order valence-electron chi connectivity index (χ1n) is 10.2. The largest absolute Gasteiger partial charge is 0.352 e. The number of aromatic nitrogens is 5. The van der Waals surface area contributed by atoms with Gasteiger partial charge in [0.05, 0.1) is 5.69 Å². The Labute approximate surface area is 188 Å². The van der Waals surface area contributed by atoms with Gasteiger partial charge in [0, 0.05) is 26.2 Å². The highest BCUT2D eigenvalue weighted by atomic mass is 32.2. The molecule has 0 unspecified atom stereocenters. The Morgan fingerprint density at radius 1 is 0.939 bits per heavy atom. The summed E-state index contributed by atoms with van der Waals surface area (Å²) < 4.78 is 56.1. The van der Waals surface area contributed by atoms with Crippen molar-refractivity contribution in [3.8, 4) is 5.69 Å². The highest BCUT2D eigenvalue weighted by Crippen LogP contribution is 2.26. The number of aryl methyl sites for hydroxylation is 1. The summed E-state index contributed by atoms with van der Waals surface area (Å²) in [5, 5.41) is 8.47. The monoisotopic (exact) mass is 471 g/mol. The SMILES string of the molecule is Cc1ccc(-n2nnc3c(N4CCN(S(=O)(=O)c5cc(F)ccc5F)CC4)ncnc32)cc1. The van der Waals surface area contributed by atoms with Crippen molar-refractivity contribution in [2.45, 2.75) is 11.8 Å². The predicted molar refractivity (Wildman–Crippen MR) is 117 cm³/mol. The zero-order chi connectivity index (χ0) is 23.2. The van der Waals surface area contributed by atoms with E-state index < -0.39 is 26.6 Å². The first-order valence-corrected chi connectivity index (χ1v) is 11.6. The van der Waals surface area contributed by atoms with Crippen LogP contribution in [-0.2, 0) is 10.0 Å². The van der Waals surface area contributed by atoms with E-state index in [1.54, 1.807) is 4.68 Å². The van der Waals surface area contributed by atoms with Crippen LogP contribution in [0.4, 0.5) is 14.6 Å². The van der Waals surface area contributed by atoms with Gasteiger partial charge in [-0.3, -0.25) is 0 Å². The molecule has 2 aromatic heterocycles. The fourth-order valence-electron chi connectivity index (χ4n) is 3.78. The van der Waals surface area contributed by atoms with Crippen molar-refractivity contribution in [1.82, 2.24) is 29.3 Å². The summed E-state index contributed by atoms with van der Waals surface area (Å²) in [4.78, 5) is 9.88. The maximum absolute atomic E-state index is 14.1. The van der Waals surface area contributed by atoms with Gasteiger partial charge in [-0.25, -0.2) is 27.2 Å². The molecule has 4 aromatic rings. The molecule has 0 aliphatic carbocycles. The summed E-state index contributed by atoms with van der Waals surface area (Å²) in [6, 6.07) is 10.2. The topological polar surface area (TPSA) is 97.1 Å². The minimum Gasteiger partial charge on any atom is -0.352 e. The third-order valence-electron chi connectivity index (χ3n) is 5.55. The number of rotatable bonds is 4. The molecule has 0 atom stereocenters. The second-order valence-corrected chi connectivity index (χ2v) is 9.58. The Hall–Kier alpha value is -3.51. The zero-order valence-electron chi connectivity index (χ0n) is 17.6. The van der Waals surface area contributed by atoms with Crippen LogP contribution in [0.5, 0.6) is 0 Å². The van der Waals surface area contributed by atoms with Gasteiger partial charge < -0.3 is 4.90 Å². The van der Waals surface area contributed by atoms with Crippen molar-refractivity contribution < 1.29 is 17.2 Å². The van der Waals surface area contributed by atoms with Crippen LogP contribution in [0, 0.1) is 18.6 Å². The van der Waals surface area contributed by atoms with Gasteiger partial charge in [-0.1, -0.05) is 22.9 Å². The molecule has 2 aromatic carbocycles. The van der Waals surface area contributed by atoms with Gasteiger partial charge in [-0.2, -0.15) is 8.99 Å². The van der Waals surface area contributed by atoms with Gasteiger partial charge >= 0.3 is 0 Å². The Morgan fingerprint density at radius 3 is 2.39 bits per heavy atom. The first kappa shape index (κ1) is 21.3. The molecular weight excluding hydrogens is 452 g/mol. The quantitative estimate of drug-likeness (QED) is 0.451. The van der Waals surface area contributed by atoms with E-state index in [2.05, 4.69) is 20.3 Å². The molecule has 170 valence electrons. The van der Waals surface area contributed by atoms with E-state index in [-0.39, 0.29) is 13.1 Å². The number of hydrogen-bond donors (Lipinski definition) is 0. The molecular formula is C21H19F2N7O2S. The number of anilines is 1. The average Bonchev–Trinajstić information content (AvgIpc) is 3.25. The van der Waals surface area contributed by atoms with Crippen molar-refractivity contribution >= 4 is 27.0 Å². The molecule has 0 bridgehead atoms. The molecule has 12 heteroatoms. The molecule has 1 saturated heterocycles. The summed E-state index contributed by atoms with van der Waals surface area (Å²) in [6.07, 6.45) is 1.41. The molecule has 9 nitrogen and oxygen atoms in total. The van der Waals surface area contributed by atoms with Gasteiger partial charge in [0.1, 0.15) is 22.9 Å². The number of hydrogen-bond acceptors (Lipinski definition) is 7. The van der Waals surface area contributed by atoms with Crippen LogP contribution in [0.1, 0.15) is 5.56 Å². The van der Waals surface area contributed by atoms with E-state index in [4.69, 9.17) is 0 Å². The Kier molecular flexibility index (Phi) is 5.25. The molecule has 0 radical (unpaired) electrons. The molecule has 1 fully saturated rings. The molecule has 1 aliphatic heterocycles. The zero-order valence-corrected chi connectivity index (χ0v) is 18.4. The summed E-state index contributed by atoms with van der Waals surface area (Å²) in [6.45, 7) is 2.73. The molecule has 33 heavy (non-hydrogen) atoms. The highest BCUT2D eigenvalue weighted by molar-refractivity contribution is 7.89. The third kappa shape index (κ3) is 3.80. The van der Waals surface area contributed by atoms with E-state index in [1.807, 2.05) is 36.1 Å². The Balaban J connectivity index is 1.40. The van der Waals surface area contributed by atoms with E-state index in [9.17, 15) is 17.2 Å². The summed E-state index contributed by atoms with van der Waals surface area (Å²) >= 11 is 0. The third-order valence-corrected chi connectivity index (χ3v) is 7.46. The van der Waals surface area contributed by atoms with Crippen molar-refractivity contribution in [3.63, 3.8) is 0 Å². The minimum absolute atomic E-state index is 0.0792. The van der Waals surface area contributed by atoms with Crippen molar-refractivity contribution in [3.05, 3.63) is 66.0 Å². The van der Waals surface area contributed by atoms with Crippen molar-refractivity contribution in [2.75, 3.05) is 31.1 Å². The molecule has 0 N–H and O–H groups in total. The number of nitrogens with zero attached hydrogens (tertiary/aromatic N) is 7. The van der Waals surface area contributed by atoms with Crippen molar-refractivity contribution in [1.29, 1.82) is 0 Å². The fraction of sp³-hybridized carbons (Fsp3) is 0.238. The molecule has 0 saturated carbocycles. The average molecular weight is 471 g/mol. The predicted octanol–water partition coefficient (Wildman–Crippen LogP) is 2.31. The number of fused-ring (bicyclic) bond motifs is 1. The number of sulfonamides is 1. The fourth-order valence-corrected chi connectivity index (χ4v) is 5.28. The molecule has 3 heterocycles. The maximum atomic E-state index is 14.1. The highest BCUT2D eigenvalue weighted by Gasteiger charge is 2.32. The van der Waals surface area contributed by atoms with E-state index >= 15 is 0 Å². The van der Waals surface area contributed by atoms with Gasteiger partial charge in [0.25, 0.3) is 0 Å². The Morgan fingerprint density at radius 2 is 1.67 bits per heavy atom. The molecule has 0 spiro atoms. The van der Waals surface area contributed by atoms with Gasteiger partial charge in [-0.15, -0.1) is 5.10 Å². The maximum Gasteiger partial charge on any atom is 0.246 e. The molecule has 1 aliphatic rings. The number of benzene rings is 2. The van der Waals surface area contributed by atoms with Crippen LogP contribution in [0.15, 0.2) is 53.7 Å². The summed E-state index contributed by atoms with van der Waals surface area (Å²) in [5.41, 5.74) is 2.94. The number of piperazine rings is 1. The van der Waals surface area contributed by atoms with Gasteiger partial charge in [0.2, 0.25) is 10.0 Å². The molecule has 0 amide bonds. The lowest BCUT2D eigenvalue weighted by atomic mass is 10.2. The number of halogens is 2. The summed E-state index contributed by atoms with van der Waals surface area (Å²) in [7, 11) is -4.17. The second kappa shape index (κ2) is 8.12. The van der Waals surface area contributed by atoms with E-state index in [0.29, 0.717) is 36.1 Å². The Bertz CT molecular complexity index is 1430. The lowest BCUT2D eigenvalue weighted by molar-refractivity contribution is 0.381. The normalized spacial score (nSPS) is 15.3. The first-order chi connectivity index (χ1) is 15.8. The van der Waals surface area contributed by atoms with Crippen LogP contribution in [0.2, 0.25) is 0 Å². The molecule has 5 rings (SSSR count). The van der Waals surface area contributed by atoms with Crippen LogP contribution in [-0.4, -0.2) is 63.9 Å². The van der Waals surface area contributed by atoms with Crippen LogP contribution < -0.4 is 4.90 Å². The van der Waals surface area contributed by atoms with E-state index in [0.717, 1.165) is 27.7 Å². The minimum atomic E-state index is -4.17. The lowest BCUT2D eigenvalue weighted by Gasteiger charge is -2.34. The standard InChI is InChI=1S/C21H19F2N7O2S/c1-14-2-5-16(6-3-14)30-21-19(26-27-30)20(24-13-25-21)28-8-10-29(11-9-28)33(31,32)18-12-15(22)4-7-17(18)23/h2-7,12-13H,8-11H2,1H3. The van der Waals surface area contributed by atoms with Crippen molar-refractivity contribution in [2.24, 2.45) is 0 Å². The van der Waals surface area contributed by atoms with Crippen LogP contribution in [0.25, 0.3) is 16.9 Å². The van der Waals surface area contributed by atoms with Gasteiger partial charge in [0.15, 0.2) is 17.0 Å². The lowest BCUT2D eigenvalue weighted by Crippen LogP contribution is -2.49. The van der Waals surface area contributed by atoms with Crippen LogP contribution in [0.3, 0.4) is 0 Å². The summed E-state index contributed by atoms with van der Waals surface area (Å²) in [5.74, 6) is -1.26. The van der Waals surface area contributed by atoms with E-state index in [1.165, 1.54) is 6.33 Å². The smallest absolute Gasteiger partial charge is 0.246 e. The second-order valence-electron chi connectivity index (χ2n) is 7.67. The van der Waals surface area contributed by atoms with Gasteiger partial charge in [-0.05, 0) is 37.3 Å².